The minimum Gasteiger partial charge on any atom is -0.453 e. The molecule has 2 heterocycles. The van der Waals surface area contributed by atoms with Gasteiger partial charge in [-0.3, -0.25) is 4.98 Å². The number of aliphatic hydroxyl groups excluding tert-OH is 1. The molecular weight excluding hydrogens is 214 g/mol. The smallest absolute Gasteiger partial charge is 0.199 e. The van der Waals surface area contributed by atoms with Crippen LogP contribution in [-0.4, -0.2) is 10.1 Å². The van der Waals surface area contributed by atoms with Gasteiger partial charge in [0.05, 0.1) is 6.26 Å². The SMILES string of the molecule is Cc1ccc(C(O)c2ccoc2Cl)cn1. The number of rotatable bonds is 2. The van der Waals surface area contributed by atoms with Crippen molar-refractivity contribution in [3.05, 3.63) is 52.7 Å². The van der Waals surface area contributed by atoms with Crippen molar-refractivity contribution in [2.75, 3.05) is 0 Å². The van der Waals surface area contributed by atoms with E-state index in [4.69, 9.17) is 16.0 Å². The number of pyridine rings is 1. The van der Waals surface area contributed by atoms with Crippen LogP contribution in [0.2, 0.25) is 5.22 Å². The highest BCUT2D eigenvalue weighted by Gasteiger charge is 2.16. The Labute approximate surface area is 92.3 Å². The van der Waals surface area contributed by atoms with Crippen LogP contribution in [0.5, 0.6) is 0 Å². The van der Waals surface area contributed by atoms with Gasteiger partial charge in [-0.05, 0) is 30.7 Å². The van der Waals surface area contributed by atoms with Crippen LogP contribution in [0.25, 0.3) is 0 Å². The van der Waals surface area contributed by atoms with Gasteiger partial charge in [-0.2, -0.15) is 0 Å². The number of aryl methyl sites for hydroxylation is 1. The van der Waals surface area contributed by atoms with E-state index in [9.17, 15) is 5.11 Å². The number of furan rings is 1. The molecule has 0 aliphatic heterocycles. The van der Waals surface area contributed by atoms with Gasteiger partial charge in [0.2, 0.25) is 0 Å². The standard InChI is InChI=1S/C11H10ClNO2/c1-7-2-3-8(6-13-7)10(14)9-4-5-15-11(9)12/h2-6,10,14H,1H3. The summed E-state index contributed by atoms with van der Waals surface area (Å²) < 4.78 is 4.92. The van der Waals surface area contributed by atoms with Crippen molar-refractivity contribution in [1.82, 2.24) is 4.98 Å². The average Bonchev–Trinajstić information content (AvgIpc) is 2.65. The maximum Gasteiger partial charge on any atom is 0.199 e. The van der Waals surface area contributed by atoms with E-state index in [1.54, 1.807) is 12.3 Å². The number of halogens is 1. The molecule has 78 valence electrons. The fourth-order valence-corrected chi connectivity index (χ4v) is 1.54. The Morgan fingerprint density at radius 2 is 2.20 bits per heavy atom. The van der Waals surface area contributed by atoms with Crippen molar-refractivity contribution >= 4 is 11.6 Å². The first-order valence-corrected chi connectivity index (χ1v) is 4.90. The van der Waals surface area contributed by atoms with E-state index in [1.165, 1.54) is 6.26 Å². The monoisotopic (exact) mass is 223 g/mol. The van der Waals surface area contributed by atoms with Crippen LogP contribution in [0.3, 0.4) is 0 Å². The molecule has 1 N–H and O–H groups in total. The first kappa shape index (κ1) is 10.2. The molecule has 2 aromatic rings. The summed E-state index contributed by atoms with van der Waals surface area (Å²) in [5.41, 5.74) is 2.16. The molecule has 3 nitrogen and oxygen atoms in total. The topological polar surface area (TPSA) is 46.3 Å². The Bertz CT molecular complexity index is 450. The zero-order valence-electron chi connectivity index (χ0n) is 8.14. The van der Waals surface area contributed by atoms with Crippen LogP contribution < -0.4 is 0 Å². The number of hydrogen-bond donors (Lipinski definition) is 1. The summed E-state index contributed by atoms with van der Waals surface area (Å²) in [7, 11) is 0. The third kappa shape index (κ3) is 2.03. The molecule has 0 spiro atoms. The fourth-order valence-electron chi connectivity index (χ4n) is 1.32. The second kappa shape index (κ2) is 4.04. The van der Waals surface area contributed by atoms with Gasteiger partial charge < -0.3 is 9.52 Å². The normalized spacial score (nSPS) is 12.7. The Balaban J connectivity index is 2.32. The highest BCUT2D eigenvalue weighted by Crippen LogP contribution is 2.28. The molecule has 0 aliphatic carbocycles. The molecule has 15 heavy (non-hydrogen) atoms. The zero-order chi connectivity index (χ0) is 10.8. The van der Waals surface area contributed by atoms with Gasteiger partial charge in [0.1, 0.15) is 6.10 Å². The van der Waals surface area contributed by atoms with Gasteiger partial charge in [0, 0.05) is 23.0 Å². The van der Waals surface area contributed by atoms with Gasteiger partial charge in [-0.1, -0.05) is 6.07 Å². The van der Waals surface area contributed by atoms with Crippen LogP contribution >= 0.6 is 11.6 Å². The summed E-state index contributed by atoms with van der Waals surface area (Å²) in [4.78, 5) is 4.11. The summed E-state index contributed by atoms with van der Waals surface area (Å²) in [5.74, 6) is 0. The minimum atomic E-state index is -0.788. The van der Waals surface area contributed by atoms with Crippen molar-refractivity contribution < 1.29 is 9.52 Å². The number of nitrogens with zero attached hydrogens (tertiary/aromatic N) is 1. The molecule has 2 rings (SSSR count). The lowest BCUT2D eigenvalue weighted by atomic mass is 10.1. The maximum atomic E-state index is 9.97. The predicted molar refractivity (Wildman–Crippen MR) is 56.8 cm³/mol. The van der Waals surface area contributed by atoms with Gasteiger partial charge in [0.25, 0.3) is 0 Å². The van der Waals surface area contributed by atoms with Crippen molar-refractivity contribution in [1.29, 1.82) is 0 Å². The predicted octanol–water partition coefficient (Wildman–Crippen LogP) is 2.72. The molecule has 0 aromatic carbocycles. The summed E-state index contributed by atoms with van der Waals surface area (Å²) in [6.07, 6.45) is 2.29. The third-order valence-corrected chi connectivity index (χ3v) is 2.50. The molecular formula is C11H10ClNO2. The summed E-state index contributed by atoms with van der Waals surface area (Å²) in [5, 5.41) is 10.2. The quantitative estimate of drug-likeness (QED) is 0.852. The van der Waals surface area contributed by atoms with Gasteiger partial charge in [0.15, 0.2) is 5.22 Å². The molecule has 0 radical (unpaired) electrons. The third-order valence-electron chi connectivity index (χ3n) is 2.19. The molecule has 2 aromatic heterocycles. The van der Waals surface area contributed by atoms with Crippen LogP contribution in [0, 0.1) is 6.92 Å². The number of aliphatic hydroxyl groups is 1. The van der Waals surface area contributed by atoms with E-state index in [0.717, 1.165) is 5.69 Å². The molecule has 0 aliphatic rings. The Morgan fingerprint density at radius 3 is 2.73 bits per heavy atom. The largest absolute Gasteiger partial charge is 0.453 e. The highest BCUT2D eigenvalue weighted by molar-refractivity contribution is 6.29. The van der Waals surface area contributed by atoms with Gasteiger partial charge >= 0.3 is 0 Å². The van der Waals surface area contributed by atoms with Crippen LogP contribution in [0.1, 0.15) is 22.9 Å². The van der Waals surface area contributed by atoms with Crippen LogP contribution in [0.4, 0.5) is 0 Å². The average molecular weight is 224 g/mol. The lowest BCUT2D eigenvalue weighted by Gasteiger charge is -2.08. The van der Waals surface area contributed by atoms with E-state index in [0.29, 0.717) is 11.1 Å². The summed E-state index contributed by atoms with van der Waals surface area (Å²) in [6, 6.07) is 5.30. The Morgan fingerprint density at radius 1 is 1.40 bits per heavy atom. The molecule has 4 heteroatoms. The molecule has 0 bridgehead atoms. The first-order valence-electron chi connectivity index (χ1n) is 4.52. The maximum absolute atomic E-state index is 9.97. The fraction of sp³-hybridized carbons (Fsp3) is 0.182. The lowest BCUT2D eigenvalue weighted by molar-refractivity contribution is 0.219. The van der Waals surface area contributed by atoms with Crippen molar-refractivity contribution in [2.45, 2.75) is 13.0 Å². The van der Waals surface area contributed by atoms with Crippen molar-refractivity contribution in [2.24, 2.45) is 0 Å². The van der Waals surface area contributed by atoms with E-state index in [-0.39, 0.29) is 5.22 Å². The van der Waals surface area contributed by atoms with E-state index in [2.05, 4.69) is 4.98 Å². The molecule has 0 saturated carbocycles. The second-order valence-corrected chi connectivity index (χ2v) is 3.63. The number of aromatic nitrogens is 1. The summed E-state index contributed by atoms with van der Waals surface area (Å²) >= 11 is 5.77. The Kier molecular flexibility index (Phi) is 2.75. The molecule has 1 atom stereocenters. The van der Waals surface area contributed by atoms with Crippen LogP contribution in [0.15, 0.2) is 35.1 Å². The molecule has 0 amide bonds. The highest BCUT2D eigenvalue weighted by atomic mass is 35.5. The zero-order valence-corrected chi connectivity index (χ0v) is 8.90. The lowest BCUT2D eigenvalue weighted by Crippen LogP contribution is -1.99. The van der Waals surface area contributed by atoms with Gasteiger partial charge in [-0.15, -0.1) is 0 Å². The Hall–Kier alpha value is -1.32. The van der Waals surface area contributed by atoms with E-state index >= 15 is 0 Å². The molecule has 1 unspecified atom stereocenters. The van der Waals surface area contributed by atoms with Gasteiger partial charge in [-0.25, -0.2) is 0 Å². The van der Waals surface area contributed by atoms with Crippen LogP contribution in [-0.2, 0) is 0 Å². The van der Waals surface area contributed by atoms with Crippen molar-refractivity contribution in [3.63, 3.8) is 0 Å². The second-order valence-electron chi connectivity index (χ2n) is 3.29. The van der Waals surface area contributed by atoms with E-state index < -0.39 is 6.10 Å². The molecule has 0 fully saturated rings. The van der Waals surface area contributed by atoms with E-state index in [1.807, 2.05) is 19.1 Å². The first-order chi connectivity index (χ1) is 7.18. The number of hydrogen-bond acceptors (Lipinski definition) is 3. The summed E-state index contributed by atoms with van der Waals surface area (Å²) in [6.45, 7) is 1.89. The molecule has 0 saturated heterocycles. The van der Waals surface area contributed by atoms with Crippen molar-refractivity contribution in [3.8, 4) is 0 Å². The minimum absolute atomic E-state index is 0.211.